The monoisotopic (exact) mass is 328 g/mol. The molecule has 24 heavy (non-hydrogen) atoms. The van der Waals surface area contributed by atoms with E-state index >= 15 is 0 Å². The third-order valence-corrected chi connectivity index (χ3v) is 6.01. The van der Waals surface area contributed by atoms with Crippen molar-refractivity contribution in [2.24, 2.45) is 17.6 Å². The molecule has 0 radical (unpaired) electrons. The van der Waals surface area contributed by atoms with Gasteiger partial charge in [-0.2, -0.15) is 0 Å². The number of carbonyl (C=O) groups excluding carboxylic acids is 1. The van der Waals surface area contributed by atoms with Gasteiger partial charge in [-0.05, 0) is 42.7 Å². The van der Waals surface area contributed by atoms with Gasteiger partial charge in [0, 0.05) is 11.6 Å². The topological polar surface area (TPSA) is 55.1 Å². The molecule has 1 amide bonds. The van der Waals surface area contributed by atoms with Gasteiger partial charge in [0.15, 0.2) is 0 Å². The molecule has 3 nitrogen and oxygen atoms in total. The predicted molar refractivity (Wildman–Crippen MR) is 98.6 cm³/mol. The van der Waals surface area contributed by atoms with Gasteiger partial charge in [0.05, 0.1) is 5.92 Å². The molecule has 1 heterocycles. The van der Waals surface area contributed by atoms with Gasteiger partial charge in [0.25, 0.3) is 0 Å². The molecule has 1 aliphatic carbocycles. The van der Waals surface area contributed by atoms with E-state index in [2.05, 4.69) is 43.4 Å². The predicted octanol–water partition coefficient (Wildman–Crippen LogP) is 4.11. The Kier molecular flexibility index (Phi) is 5.29. The molecule has 1 fully saturated rings. The zero-order valence-corrected chi connectivity index (χ0v) is 15.2. The highest BCUT2D eigenvalue weighted by Gasteiger charge is 2.42. The zero-order chi connectivity index (χ0) is 17.2. The van der Waals surface area contributed by atoms with Crippen LogP contribution in [-0.2, 0) is 11.2 Å². The number of fused-ring (bicyclic) bond motifs is 1. The van der Waals surface area contributed by atoms with Crippen molar-refractivity contribution in [2.45, 2.75) is 76.8 Å². The van der Waals surface area contributed by atoms with E-state index < -0.39 is 0 Å². The van der Waals surface area contributed by atoms with Crippen molar-refractivity contribution in [3.8, 4) is 0 Å². The minimum Gasteiger partial charge on any atom is -0.369 e. The Morgan fingerprint density at radius 3 is 2.58 bits per heavy atom. The molecule has 3 N–H and O–H groups in total. The number of carbonyl (C=O) groups is 1. The van der Waals surface area contributed by atoms with Gasteiger partial charge in [-0.15, -0.1) is 0 Å². The van der Waals surface area contributed by atoms with Crippen molar-refractivity contribution in [3.63, 3.8) is 0 Å². The number of primary amides is 1. The maximum atomic E-state index is 12.3. The fourth-order valence-electron chi connectivity index (χ4n) is 4.67. The van der Waals surface area contributed by atoms with E-state index in [9.17, 15) is 4.79 Å². The first-order chi connectivity index (χ1) is 11.5. The van der Waals surface area contributed by atoms with Crippen LogP contribution in [0.15, 0.2) is 24.3 Å². The van der Waals surface area contributed by atoms with Gasteiger partial charge in [0.1, 0.15) is 0 Å². The van der Waals surface area contributed by atoms with Crippen molar-refractivity contribution in [2.75, 3.05) is 0 Å². The van der Waals surface area contributed by atoms with Crippen LogP contribution in [0.25, 0.3) is 0 Å². The summed E-state index contributed by atoms with van der Waals surface area (Å²) in [6, 6.07) is 8.73. The molecule has 3 rings (SSSR count). The highest BCUT2D eigenvalue weighted by molar-refractivity contribution is 5.78. The minimum atomic E-state index is -0.157. The van der Waals surface area contributed by atoms with Crippen LogP contribution >= 0.6 is 0 Å². The molecule has 2 atom stereocenters. The summed E-state index contributed by atoms with van der Waals surface area (Å²) in [6.45, 7) is 4.42. The van der Waals surface area contributed by atoms with Crippen LogP contribution in [0.3, 0.4) is 0 Å². The lowest BCUT2D eigenvalue weighted by atomic mass is 9.70. The maximum absolute atomic E-state index is 12.3. The molecular formula is C21H32N2O. The standard InChI is InChI=1S/C21H32N2O/c1-15(2)10-11-18(20(22)24)19-17-9-5-4-8-16(17)14-21(23-19)12-6-3-7-13-21/h4-5,8-9,15,18-19,23H,3,6-7,10-14H2,1-2H3,(H2,22,24). The zero-order valence-electron chi connectivity index (χ0n) is 15.2. The first kappa shape index (κ1) is 17.5. The number of nitrogens with one attached hydrogen (secondary N) is 1. The van der Waals surface area contributed by atoms with E-state index in [1.165, 1.54) is 43.2 Å². The van der Waals surface area contributed by atoms with E-state index in [4.69, 9.17) is 5.73 Å². The minimum absolute atomic E-state index is 0.0734. The second-order valence-electron chi connectivity index (χ2n) is 8.32. The van der Waals surface area contributed by atoms with E-state index in [1.54, 1.807) is 0 Å². The number of hydrogen-bond donors (Lipinski definition) is 2. The third kappa shape index (κ3) is 3.66. The maximum Gasteiger partial charge on any atom is 0.222 e. The molecule has 1 saturated carbocycles. The highest BCUT2D eigenvalue weighted by atomic mass is 16.1. The molecule has 0 saturated heterocycles. The quantitative estimate of drug-likeness (QED) is 0.854. The van der Waals surface area contributed by atoms with E-state index in [-0.39, 0.29) is 23.4 Å². The Morgan fingerprint density at radius 1 is 1.21 bits per heavy atom. The number of benzene rings is 1. The Bertz CT molecular complexity index is 575. The summed E-state index contributed by atoms with van der Waals surface area (Å²) in [4.78, 5) is 12.3. The van der Waals surface area contributed by atoms with Crippen LogP contribution in [0.2, 0.25) is 0 Å². The molecule has 0 aromatic heterocycles. The summed E-state index contributed by atoms with van der Waals surface area (Å²) >= 11 is 0. The largest absolute Gasteiger partial charge is 0.369 e. The van der Waals surface area contributed by atoms with Gasteiger partial charge >= 0.3 is 0 Å². The first-order valence-corrected chi connectivity index (χ1v) is 9.65. The highest BCUT2D eigenvalue weighted by Crippen LogP contribution is 2.42. The van der Waals surface area contributed by atoms with Gasteiger partial charge in [0.2, 0.25) is 5.91 Å². The average Bonchev–Trinajstić information content (AvgIpc) is 2.55. The fourth-order valence-corrected chi connectivity index (χ4v) is 4.67. The van der Waals surface area contributed by atoms with Crippen LogP contribution in [0.5, 0.6) is 0 Å². The average molecular weight is 328 g/mol. The van der Waals surface area contributed by atoms with Gasteiger partial charge in [-0.3, -0.25) is 4.79 Å². The van der Waals surface area contributed by atoms with E-state index in [0.29, 0.717) is 5.92 Å². The van der Waals surface area contributed by atoms with Crippen molar-refractivity contribution >= 4 is 5.91 Å². The summed E-state index contributed by atoms with van der Waals surface area (Å²) in [5.74, 6) is 0.317. The van der Waals surface area contributed by atoms with Crippen LogP contribution in [-0.4, -0.2) is 11.4 Å². The summed E-state index contributed by atoms with van der Waals surface area (Å²) in [6.07, 6.45) is 9.35. The summed E-state index contributed by atoms with van der Waals surface area (Å²) < 4.78 is 0. The SMILES string of the molecule is CC(C)CCC(C(N)=O)C1NC2(CCCCC2)Cc2ccccc21. The fraction of sp³-hybridized carbons (Fsp3) is 0.667. The third-order valence-electron chi connectivity index (χ3n) is 6.01. The summed E-state index contributed by atoms with van der Waals surface area (Å²) in [7, 11) is 0. The van der Waals surface area contributed by atoms with Gasteiger partial charge < -0.3 is 11.1 Å². The van der Waals surface area contributed by atoms with E-state index in [1.807, 2.05) is 0 Å². The lowest BCUT2D eigenvalue weighted by molar-refractivity contribution is -0.123. The molecule has 3 heteroatoms. The van der Waals surface area contributed by atoms with Crippen LogP contribution in [0.4, 0.5) is 0 Å². The molecule has 2 aliphatic rings. The Balaban J connectivity index is 1.92. The van der Waals surface area contributed by atoms with Gasteiger partial charge in [-0.25, -0.2) is 0 Å². The summed E-state index contributed by atoms with van der Waals surface area (Å²) in [5, 5.41) is 3.93. The number of hydrogen-bond acceptors (Lipinski definition) is 2. The Hall–Kier alpha value is -1.35. The molecule has 2 unspecified atom stereocenters. The van der Waals surface area contributed by atoms with Crippen molar-refractivity contribution in [1.82, 2.24) is 5.32 Å². The number of rotatable bonds is 5. The van der Waals surface area contributed by atoms with E-state index in [0.717, 1.165) is 19.3 Å². The van der Waals surface area contributed by atoms with Crippen LogP contribution < -0.4 is 11.1 Å². The molecular weight excluding hydrogens is 296 g/mol. The number of nitrogens with two attached hydrogens (primary N) is 1. The summed E-state index contributed by atoms with van der Waals surface area (Å²) in [5.41, 5.74) is 8.73. The molecule has 0 bridgehead atoms. The first-order valence-electron chi connectivity index (χ1n) is 9.65. The molecule has 1 aliphatic heterocycles. The lowest BCUT2D eigenvalue weighted by Crippen LogP contribution is -2.56. The molecule has 1 aromatic carbocycles. The number of amides is 1. The smallest absolute Gasteiger partial charge is 0.222 e. The van der Waals surface area contributed by atoms with Crippen molar-refractivity contribution < 1.29 is 4.79 Å². The molecule has 1 spiro atoms. The molecule has 132 valence electrons. The van der Waals surface area contributed by atoms with Crippen molar-refractivity contribution in [3.05, 3.63) is 35.4 Å². The van der Waals surface area contributed by atoms with Crippen LogP contribution in [0.1, 0.15) is 76.0 Å². The van der Waals surface area contributed by atoms with Gasteiger partial charge in [-0.1, -0.05) is 63.8 Å². The Morgan fingerprint density at radius 2 is 1.92 bits per heavy atom. The normalized spacial score (nSPS) is 23.9. The second kappa shape index (κ2) is 7.26. The second-order valence-corrected chi connectivity index (χ2v) is 8.32. The van der Waals surface area contributed by atoms with Crippen molar-refractivity contribution in [1.29, 1.82) is 0 Å². The Labute approximate surface area is 146 Å². The van der Waals surface area contributed by atoms with Crippen LogP contribution in [0, 0.1) is 11.8 Å². The lowest BCUT2D eigenvalue weighted by Gasteiger charge is -2.47. The molecule has 1 aromatic rings.